The topological polar surface area (TPSA) is 100 Å². The van der Waals surface area contributed by atoms with E-state index in [2.05, 4.69) is 29.9 Å². The van der Waals surface area contributed by atoms with E-state index < -0.39 is 12.1 Å². The summed E-state index contributed by atoms with van der Waals surface area (Å²) in [5.41, 5.74) is 1.31. The van der Waals surface area contributed by atoms with Crippen LogP contribution in [0.2, 0.25) is 0 Å². The third-order valence-corrected chi connectivity index (χ3v) is 5.31. The fourth-order valence-corrected chi connectivity index (χ4v) is 3.57. The Bertz CT molecular complexity index is 1050. The molecule has 1 atom stereocenters. The van der Waals surface area contributed by atoms with E-state index in [0.717, 1.165) is 18.4 Å². The Morgan fingerprint density at radius 1 is 1.15 bits per heavy atom. The highest BCUT2D eigenvalue weighted by atomic mass is 19.4. The Labute approximate surface area is 188 Å². The number of anilines is 1. The third-order valence-electron chi connectivity index (χ3n) is 5.31. The second-order valence-corrected chi connectivity index (χ2v) is 7.68. The molecule has 3 aromatic rings. The van der Waals surface area contributed by atoms with Gasteiger partial charge in [-0.1, -0.05) is 47.6 Å². The first-order chi connectivity index (χ1) is 15.9. The Morgan fingerprint density at radius 2 is 1.85 bits per heavy atom. The fraction of sp³-hybridized carbons (Fsp3) is 0.364. The first kappa shape index (κ1) is 22.9. The van der Waals surface area contributed by atoms with Crippen molar-refractivity contribution in [2.24, 2.45) is 0 Å². The van der Waals surface area contributed by atoms with Gasteiger partial charge in [0.15, 0.2) is 0 Å². The van der Waals surface area contributed by atoms with E-state index >= 15 is 0 Å². The van der Waals surface area contributed by atoms with Crippen molar-refractivity contribution < 1.29 is 22.8 Å². The molecule has 1 aliphatic rings. The number of rotatable bonds is 7. The average molecular weight is 460 g/mol. The number of nitrogens with zero attached hydrogens (tertiary/aromatic N) is 5. The minimum Gasteiger partial charge on any atom is -0.394 e. The number of aliphatic hydroxyl groups excluding tert-OH is 1. The van der Waals surface area contributed by atoms with Gasteiger partial charge in [-0.3, -0.25) is 0 Å². The highest BCUT2D eigenvalue weighted by molar-refractivity contribution is 5.52. The zero-order chi connectivity index (χ0) is 23.3. The normalized spacial score (nSPS) is 16.4. The molecule has 0 amide bonds. The van der Waals surface area contributed by atoms with Crippen LogP contribution in [0.15, 0.2) is 53.3 Å². The van der Waals surface area contributed by atoms with Crippen molar-refractivity contribution in [1.29, 1.82) is 0 Å². The number of aromatic nitrogens is 4. The lowest BCUT2D eigenvalue weighted by atomic mass is 10.0. The van der Waals surface area contributed by atoms with Gasteiger partial charge < -0.3 is 19.8 Å². The number of halogens is 3. The van der Waals surface area contributed by atoms with Crippen LogP contribution in [0.25, 0.3) is 17.5 Å². The monoisotopic (exact) mass is 460 g/mol. The van der Waals surface area contributed by atoms with Crippen LogP contribution in [0.3, 0.4) is 0 Å². The molecule has 1 fully saturated rings. The van der Waals surface area contributed by atoms with Gasteiger partial charge in [-0.25, -0.2) is 9.97 Å². The lowest BCUT2D eigenvalue weighted by molar-refractivity contribution is -0.159. The lowest BCUT2D eigenvalue weighted by Crippen LogP contribution is -2.47. The number of alkyl halides is 3. The summed E-state index contributed by atoms with van der Waals surface area (Å²) >= 11 is 0. The Hall–Kier alpha value is -3.31. The predicted molar refractivity (Wildman–Crippen MR) is 115 cm³/mol. The number of hydrogen-bond acceptors (Lipinski definition) is 8. The van der Waals surface area contributed by atoms with Gasteiger partial charge in [-0.2, -0.15) is 18.2 Å². The van der Waals surface area contributed by atoms with Crippen molar-refractivity contribution in [2.75, 3.05) is 24.6 Å². The number of nitrogens with one attached hydrogen (secondary N) is 1. The van der Waals surface area contributed by atoms with Gasteiger partial charge in [0, 0.05) is 37.6 Å². The fourth-order valence-electron chi connectivity index (χ4n) is 3.57. The second kappa shape index (κ2) is 10.1. The molecule has 1 aliphatic heterocycles. The van der Waals surface area contributed by atoms with Crippen LogP contribution in [0, 0.1) is 0 Å². The number of hydrogen-bond donors (Lipinski definition) is 2. The summed E-state index contributed by atoms with van der Waals surface area (Å²) in [4.78, 5) is 13.9. The minimum atomic E-state index is -4.70. The molecule has 1 aromatic carbocycles. The Balaban J connectivity index is 1.30. The highest BCUT2D eigenvalue weighted by Gasteiger charge is 2.38. The Morgan fingerprint density at radius 3 is 2.45 bits per heavy atom. The maximum absolute atomic E-state index is 12.6. The number of aliphatic hydroxyl groups is 1. The molecule has 2 aromatic heterocycles. The van der Waals surface area contributed by atoms with Crippen LogP contribution in [0.4, 0.5) is 19.1 Å². The van der Waals surface area contributed by atoms with Gasteiger partial charge in [-0.15, -0.1) is 0 Å². The highest BCUT2D eigenvalue weighted by Crippen LogP contribution is 2.29. The summed E-state index contributed by atoms with van der Waals surface area (Å²) in [6.45, 7) is 1.41. The van der Waals surface area contributed by atoms with Gasteiger partial charge in [0.1, 0.15) is 0 Å². The van der Waals surface area contributed by atoms with Crippen LogP contribution in [0.1, 0.15) is 24.3 Å². The standard InChI is InChI=1S/C22H23F3N6O2/c23-22(24,25)20-29-19(30-33-20)16-12-26-21(27-13-16)31-10-8-17(9-11-31)28-18(14-32)7-6-15-4-2-1-3-5-15/h1-7,12-13,17-18,28,32H,8-11,14H2. The molecule has 0 bridgehead atoms. The predicted octanol–water partition coefficient (Wildman–Crippen LogP) is 3.18. The molecule has 33 heavy (non-hydrogen) atoms. The van der Waals surface area contributed by atoms with E-state index in [1.54, 1.807) is 0 Å². The van der Waals surface area contributed by atoms with E-state index in [9.17, 15) is 18.3 Å². The molecule has 11 heteroatoms. The van der Waals surface area contributed by atoms with E-state index in [0.29, 0.717) is 19.0 Å². The van der Waals surface area contributed by atoms with E-state index in [1.165, 1.54) is 12.4 Å². The molecule has 8 nitrogen and oxygen atoms in total. The van der Waals surface area contributed by atoms with Crippen LogP contribution in [0.5, 0.6) is 0 Å². The molecule has 3 heterocycles. The number of piperidine rings is 1. The van der Waals surface area contributed by atoms with Gasteiger partial charge in [-0.05, 0) is 18.4 Å². The summed E-state index contributed by atoms with van der Waals surface area (Å²) < 4.78 is 42.1. The molecule has 0 spiro atoms. The molecule has 1 saturated heterocycles. The SMILES string of the molecule is OCC(C=Cc1ccccc1)NC1CCN(c2ncc(-c3noc(C(F)(F)F)n3)cn2)CC1. The summed E-state index contributed by atoms with van der Waals surface area (Å²) in [7, 11) is 0. The van der Waals surface area contributed by atoms with Crippen LogP contribution < -0.4 is 10.2 Å². The van der Waals surface area contributed by atoms with Crippen molar-refractivity contribution in [3.8, 4) is 11.4 Å². The Kier molecular flexibility index (Phi) is 6.99. The second-order valence-electron chi connectivity index (χ2n) is 7.68. The molecule has 0 aliphatic carbocycles. The smallest absolute Gasteiger partial charge is 0.394 e. The molecule has 0 saturated carbocycles. The number of benzene rings is 1. The summed E-state index contributed by atoms with van der Waals surface area (Å²) in [5, 5.41) is 16.5. The van der Waals surface area contributed by atoms with Crippen molar-refractivity contribution in [1.82, 2.24) is 25.4 Å². The zero-order valence-electron chi connectivity index (χ0n) is 17.6. The van der Waals surface area contributed by atoms with E-state index in [4.69, 9.17) is 0 Å². The van der Waals surface area contributed by atoms with E-state index in [1.807, 2.05) is 47.4 Å². The van der Waals surface area contributed by atoms with Crippen molar-refractivity contribution in [3.05, 3.63) is 60.3 Å². The average Bonchev–Trinajstić information content (AvgIpc) is 3.34. The molecule has 0 radical (unpaired) electrons. The molecule has 1 unspecified atom stereocenters. The zero-order valence-corrected chi connectivity index (χ0v) is 17.6. The van der Waals surface area contributed by atoms with Crippen LogP contribution in [-0.2, 0) is 6.18 Å². The van der Waals surface area contributed by atoms with Gasteiger partial charge in [0.2, 0.25) is 11.8 Å². The maximum atomic E-state index is 12.6. The van der Waals surface area contributed by atoms with Crippen LogP contribution >= 0.6 is 0 Å². The molecule has 4 rings (SSSR count). The van der Waals surface area contributed by atoms with Crippen molar-refractivity contribution in [3.63, 3.8) is 0 Å². The van der Waals surface area contributed by atoms with Crippen LogP contribution in [-0.4, -0.2) is 57.0 Å². The first-order valence-electron chi connectivity index (χ1n) is 10.5. The van der Waals surface area contributed by atoms with Gasteiger partial charge >= 0.3 is 12.1 Å². The quantitative estimate of drug-likeness (QED) is 0.555. The maximum Gasteiger partial charge on any atom is 0.471 e. The largest absolute Gasteiger partial charge is 0.471 e. The summed E-state index contributed by atoms with van der Waals surface area (Å²) in [6.07, 6.45) is 3.69. The first-order valence-corrected chi connectivity index (χ1v) is 10.5. The summed E-state index contributed by atoms with van der Waals surface area (Å²) in [5.74, 6) is -1.13. The van der Waals surface area contributed by atoms with Gasteiger partial charge in [0.05, 0.1) is 12.2 Å². The van der Waals surface area contributed by atoms with Crippen molar-refractivity contribution >= 4 is 12.0 Å². The summed E-state index contributed by atoms with van der Waals surface area (Å²) in [6, 6.07) is 9.98. The molecule has 2 N–H and O–H groups in total. The molecular formula is C22H23F3N6O2. The lowest BCUT2D eigenvalue weighted by Gasteiger charge is -2.33. The minimum absolute atomic E-state index is 0.000255. The third kappa shape index (κ3) is 5.93. The van der Waals surface area contributed by atoms with Crippen molar-refractivity contribution in [2.45, 2.75) is 31.1 Å². The molecule has 174 valence electrons. The van der Waals surface area contributed by atoms with E-state index in [-0.39, 0.29) is 30.1 Å². The van der Waals surface area contributed by atoms with Gasteiger partial charge in [0.25, 0.3) is 0 Å². The molecular weight excluding hydrogens is 437 g/mol.